The van der Waals surface area contributed by atoms with Crippen molar-refractivity contribution < 1.29 is 23.9 Å². The highest BCUT2D eigenvalue weighted by atomic mass is 16.5. The molecular weight excluding hydrogens is 352 g/mol. The van der Waals surface area contributed by atoms with Crippen LogP contribution in [0.3, 0.4) is 0 Å². The van der Waals surface area contributed by atoms with Crippen molar-refractivity contribution in [3.8, 4) is 0 Å². The Morgan fingerprint density at radius 1 is 1.26 bits per heavy atom. The van der Waals surface area contributed by atoms with E-state index in [-0.39, 0.29) is 30.8 Å². The van der Waals surface area contributed by atoms with E-state index in [2.05, 4.69) is 5.32 Å². The molecule has 1 aliphatic carbocycles. The molecule has 0 unspecified atom stereocenters. The van der Waals surface area contributed by atoms with E-state index >= 15 is 0 Å². The van der Waals surface area contributed by atoms with Crippen molar-refractivity contribution in [2.24, 2.45) is 5.92 Å². The molecule has 150 valence electrons. The molecular formula is C18H28N4O5. The van der Waals surface area contributed by atoms with Gasteiger partial charge < -0.3 is 19.9 Å². The van der Waals surface area contributed by atoms with Crippen molar-refractivity contribution in [2.45, 2.75) is 38.1 Å². The second kappa shape index (κ2) is 7.84. The molecule has 2 saturated heterocycles. The number of carbonyl (C=O) groups excluding carboxylic acids is 4. The predicted octanol–water partition coefficient (Wildman–Crippen LogP) is -0.196. The summed E-state index contributed by atoms with van der Waals surface area (Å²) in [4.78, 5) is 54.0. The summed E-state index contributed by atoms with van der Waals surface area (Å²) in [7, 11) is 1.51. The molecule has 0 bridgehead atoms. The minimum Gasteiger partial charge on any atom is -0.378 e. The standard InChI is InChI=1S/C18H28N4O5/c1-13-5-3-4-6-18(13)16(25)22(17(26)19-18)12-14(23)20(2)11-15(24)21-7-9-27-10-8-21/h13H,3-12H2,1-2H3,(H,19,26)/t13-,18+/m0/s1. The van der Waals surface area contributed by atoms with Crippen LogP contribution in [0.1, 0.15) is 32.6 Å². The third kappa shape index (κ3) is 3.78. The quantitative estimate of drug-likeness (QED) is 0.681. The number of hydrogen-bond acceptors (Lipinski definition) is 5. The van der Waals surface area contributed by atoms with Gasteiger partial charge in [0.1, 0.15) is 12.1 Å². The van der Waals surface area contributed by atoms with Gasteiger partial charge in [-0.2, -0.15) is 0 Å². The Kier molecular flexibility index (Phi) is 5.69. The fourth-order valence-corrected chi connectivity index (χ4v) is 4.10. The van der Waals surface area contributed by atoms with Crippen molar-refractivity contribution in [3.05, 3.63) is 0 Å². The van der Waals surface area contributed by atoms with Crippen LogP contribution in [0.25, 0.3) is 0 Å². The molecule has 1 spiro atoms. The molecule has 0 radical (unpaired) electrons. The summed E-state index contributed by atoms with van der Waals surface area (Å²) in [5.74, 6) is -0.867. The number of carbonyl (C=O) groups is 4. The lowest BCUT2D eigenvalue weighted by atomic mass is 9.73. The van der Waals surface area contributed by atoms with Crippen molar-refractivity contribution in [3.63, 3.8) is 0 Å². The maximum atomic E-state index is 12.9. The lowest BCUT2D eigenvalue weighted by Gasteiger charge is -2.36. The van der Waals surface area contributed by atoms with Crippen LogP contribution in [0.4, 0.5) is 4.79 Å². The third-order valence-corrected chi connectivity index (χ3v) is 5.96. The number of rotatable bonds is 4. The SMILES string of the molecule is C[C@H]1CCCC[C@@]12NC(=O)N(CC(=O)N(C)CC(=O)N1CCOCC1)C2=O. The number of amides is 5. The van der Waals surface area contributed by atoms with Crippen molar-refractivity contribution in [2.75, 3.05) is 46.4 Å². The number of ether oxygens (including phenoxy) is 1. The van der Waals surface area contributed by atoms with E-state index in [1.54, 1.807) is 4.90 Å². The molecule has 27 heavy (non-hydrogen) atoms. The van der Waals surface area contributed by atoms with E-state index in [4.69, 9.17) is 4.74 Å². The zero-order chi connectivity index (χ0) is 19.6. The van der Waals surface area contributed by atoms with Gasteiger partial charge in [-0.1, -0.05) is 19.8 Å². The molecule has 9 heteroatoms. The monoisotopic (exact) mass is 380 g/mol. The van der Waals surface area contributed by atoms with Crippen LogP contribution in [-0.4, -0.2) is 90.4 Å². The summed E-state index contributed by atoms with van der Waals surface area (Å²) in [5.41, 5.74) is -0.877. The molecule has 2 aliphatic heterocycles. The van der Waals surface area contributed by atoms with Gasteiger partial charge in [-0.05, 0) is 18.8 Å². The third-order valence-electron chi connectivity index (χ3n) is 5.96. The second-order valence-electron chi connectivity index (χ2n) is 7.68. The fourth-order valence-electron chi connectivity index (χ4n) is 4.10. The van der Waals surface area contributed by atoms with Gasteiger partial charge in [0.25, 0.3) is 5.91 Å². The number of likely N-dealkylation sites (N-methyl/N-ethyl adjacent to an activating group) is 1. The highest BCUT2D eigenvalue weighted by molar-refractivity contribution is 6.09. The number of morpholine rings is 1. The summed E-state index contributed by atoms with van der Waals surface area (Å²) < 4.78 is 5.21. The van der Waals surface area contributed by atoms with E-state index in [0.29, 0.717) is 32.7 Å². The highest BCUT2D eigenvalue weighted by Crippen LogP contribution is 2.38. The lowest BCUT2D eigenvalue weighted by molar-refractivity contribution is -0.144. The molecule has 1 N–H and O–H groups in total. The molecule has 0 aromatic carbocycles. The largest absolute Gasteiger partial charge is 0.378 e. The van der Waals surface area contributed by atoms with Gasteiger partial charge in [-0.25, -0.2) is 4.79 Å². The second-order valence-corrected chi connectivity index (χ2v) is 7.68. The maximum Gasteiger partial charge on any atom is 0.325 e. The Morgan fingerprint density at radius 3 is 2.63 bits per heavy atom. The van der Waals surface area contributed by atoms with Crippen LogP contribution < -0.4 is 5.32 Å². The summed E-state index contributed by atoms with van der Waals surface area (Å²) >= 11 is 0. The first-order valence-corrected chi connectivity index (χ1v) is 9.59. The maximum absolute atomic E-state index is 12.9. The molecule has 3 rings (SSSR count). The van der Waals surface area contributed by atoms with Crippen LogP contribution in [0, 0.1) is 5.92 Å². The molecule has 9 nitrogen and oxygen atoms in total. The van der Waals surface area contributed by atoms with E-state index < -0.39 is 17.5 Å². The molecule has 3 aliphatic rings. The minimum atomic E-state index is -0.877. The van der Waals surface area contributed by atoms with Gasteiger partial charge in [0, 0.05) is 20.1 Å². The first-order valence-electron chi connectivity index (χ1n) is 9.59. The van der Waals surface area contributed by atoms with Gasteiger partial charge in [0.05, 0.1) is 19.8 Å². The molecule has 1 saturated carbocycles. The van der Waals surface area contributed by atoms with Crippen molar-refractivity contribution >= 4 is 23.8 Å². The summed E-state index contributed by atoms with van der Waals surface area (Å²) in [6, 6.07) is -0.519. The summed E-state index contributed by atoms with van der Waals surface area (Å²) in [6.45, 7) is 3.55. The van der Waals surface area contributed by atoms with Crippen molar-refractivity contribution in [1.82, 2.24) is 20.0 Å². The van der Waals surface area contributed by atoms with E-state index in [9.17, 15) is 19.2 Å². The Morgan fingerprint density at radius 2 is 1.96 bits per heavy atom. The van der Waals surface area contributed by atoms with Gasteiger partial charge in [0.15, 0.2) is 0 Å². The van der Waals surface area contributed by atoms with Gasteiger partial charge >= 0.3 is 6.03 Å². The number of urea groups is 1. The topological polar surface area (TPSA) is 99.3 Å². The first-order chi connectivity index (χ1) is 12.8. The number of hydrogen-bond donors (Lipinski definition) is 1. The van der Waals surface area contributed by atoms with Gasteiger partial charge in [-0.15, -0.1) is 0 Å². The average Bonchev–Trinajstić information content (AvgIpc) is 2.89. The Hall–Kier alpha value is -2.16. The molecule has 3 fully saturated rings. The fraction of sp³-hybridized carbons (Fsp3) is 0.778. The number of nitrogens with one attached hydrogen (secondary N) is 1. The van der Waals surface area contributed by atoms with Gasteiger partial charge in [-0.3, -0.25) is 19.3 Å². The normalized spacial score (nSPS) is 28.4. The van der Waals surface area contributed by atoms with E-state index in [1.807, 2.05) is 6.92 Å². The lowest BCUT2D eigenvalue weighted by Crippen LogP contribution is -2.54. The van der Waals surface area contributed by atoms with Crippen LogP contribution in [-0.2, 0) is 19.1 Å². The summed E-state index contributed by atoms with van der Waals surface area (Å²) in [6.07, 6.45) is 3.40. The first kappa shape index (κ1) is 19.6. The Bertz CT molecular complexity index is 633. The Balaban J connectivity index is 1.59. The zero-order valence-corrected chi connectivity index (χ0v) is 16.0. The van der Waals surface area contributed by atoms with Gasteiger partial charge in [0.2, 0.25) is 11.8 Å². The zero-order valence-electron chi connectivity index (χ0n) is 16.0. The van der Waals surface area contributed by atoms with Crippen LogP contribution in [0.5, 0.6) is 0 Å². The number of nitrogens with zero attached hydrogens (tertiary/aromatic N) is 3. The van der Waals surface area contributed by atoms with Crippen LogP contribution in [0.2, 0.25) is 0 Å². The smallest absolute Gasteiger partial charge is 0.325 e. The van der Waals surface area contributed by atoms with E-state index in [1.165, 1.54) is 11.9 Å². The predicted molar refractivity (Wildman–Crippen MR) is 95.6 cm³/mol. The Labute approximate surface area is 159 Å². The molecule has 5 amide bonds. The molecule has 2 heterocycles. The van der Waals surface area contributed by atoms with E-state index in [0.717, 1.165) is 24.2 Å². The minimum absolute atomic E-state index is 0.0448. The van der Waals surface area contributed by atoms with Crippen molar-refractivity contribution in [1.29, 1.82) is 0 Å². The average molecular weight is 380 g/mol. The van der Waals surface area contributed by atoms with Crippen LogP contribution >= 0.6 is 0 Å². The molecule has 0 aromatic rings. The summed E-state index contributed by atoms with van der Waals surface area (Å²) in [5, 5.41) is 2.83. The highest BCUT2D eigenvalue weighted by Gasteiger charge is 2.55. The molecule has 0 aromatic heterocycles. The number of imide groups is 1. The molecule has 2 atom stereocenters. The van der Waals surface area contributed by atoms with Crippen LogP contribution in [0.15, 0.2) is 0 Å².